The van der Waals surface area contributed by atoms with Crippen LogP contribution >= 0.6 is 0 Å². The lowest BCUT2D eigenvalue weighted by Gasteiger charge is -2.34. The van der Waals surface area contributed by atoms with Crippen LogP contribution in [0.2, 0.25) is 0 Å². The van der Waals surface area contributed by atoms with Gasteiger partial charge in [-0.1, -0.05) is 12.1 Å². The molecule has 1 aliphatic rings. The monoisotopic (exact) mass is 358 g/mol. The number of nitrogens with one attached hydrogen (secondary N) is 1. The topological polar surface area (TPSA) is 62.6 Å². The number of hydrogen-bond acceptors (Lipinski definition) is 3. The third-order valence-electron chi connectivity index (χ3n) is 4.72. The number of nitrogens with zero attached hydrogens (tertiary/aromatic N) is 1. The number of benzene rings is 1. The quantitative estimate of drug-likeness (QED) is 0.912. The summed E-state index contributed by atoms with van der Waals surface area (Å²) in [7, 11) is 0. The highest BCUT2D eigenvalue weighted by Crippen LogP contribution is 2.23. The van der Waals surface area contributed by atoms with Crippen LogP contribution in [0.15, 0.2) is 34.7 Å². The van der Waals surface area contributed by atoms with Gasteiger partial charge in [-0.05, 0) is 56.9 Å². The van der Waals surface area contributed by atoms with E-state index in [2.05, 4.69) is 5.32 Å². The average molecular weight is 358 g/mol. The van der Waals surface area contributed by atoms with Gasteiger partial charge in [0, 0.05) is 13.1 Å². The van der Waals surface area contributed by atoms with Crippen LogP contribution in [-0.2, 0) is 11.3 Å². The minimum Gasteiger partial charge on any atom is -0.466 e. The SMILES string of the molecule is Cc1cc(C(=O)N2CCCC[C@H]2C(=O)NCc2ccc(F)cc2)c(C)o1. The molecule has 0 unspecified atom stereocenters. The molecule has 0 bridgehead atoms. The molecule has 1 fully saturated rings. The van der Waals surface area contributed by atoms with Gasteiger partial charge in [0.2, 0.25) is 5.91 Å². The van der Waals surface area contributed by atoms with Crippen LogP contribution < -0.4 is 5.32 Å². The molecule has 2 amide bonds. The number of rotatable bonds is 4. The first-order valence-corrected chi connectivity index (χ1v) is 8.86. The Morgan fingerprint density at radius 2 is 1.96 bits per heavy atom. The summed E-state index contributed by atoms with van der Waals surface area (Å²) in [4.78, 5) is 27.2. The van der Waals surface area contributed by atoms with Crippen molar-refractivity contribution in [1.29, 1.82) is 0 Å². The first kappa shape index (κ1) is 18.2. The summed E-state index contributed by atoms with van der Waals surface area (Å²) in [6, 6.07) is 7.23. The van der Waals surface area contributed by atoms with Crippen LogP contribution in [0.25, 0.3) is 0 Å². The molecule has 1 aromatic heterocycles. The van der Waals surface area contributed by atoms with Crippen LogP contribution in [-0.4, -0.2) is 29.3 Å². The summed E-state index contributed by atoms with van der Waals surface area (Å²) >= 11 is 0. The van der Waals surface area contributed by atoms with Crippen LogP contribution in [0.4, 0.5) is 4.39 Å². The van der Waals surface area contributed by atoms with E-state index in [0.29, 0.717) is 36.6 Å². The number of amides is 2. The van der Waals surface area contributed by atoms with Crippen LogP contribution in [0, 0.1) is 19.7 Å². The molecule has 1 aliphatic heterocycles. The normalized spacial score (nSPS) is 17.2. The van der Waals surface area contributed by atoms with Crippen molar-refractivity contribution >= 4 is 11.8 Å². The molecule has 26 heavy (non-hydrogen) atoms. The summed E-state index contributed by atoms with van der Waals surface area (Å²) in [5.41, 5.74) is 1.33. The van der Waals surface area contributed by atoms with Crippen molar-refractivity contribution in [1.82, 2.24) is 10.2 Å². The van der Waals surface area contributed by atoms with E-state index in [1.54, 1.807) is 36.9 Å². The Labute approximate surface area is 152 Å². The van der Waals surface area contributed by atoms with Gasteiger partial charge < -0.3 is 14.6 Å². The van der Waals surface area contributed by atoms with E-state index in [4.69, 9.17) is 4.42 Å². The Morgan fingerprint density at radius 3 is 2.62 bits per heavy atom. The van der Waals surface area contributed by atoms with E-state index < -0.39 is 6.04 Å². The highest BCUT2D eigenvalue weighted by molar-refractivity contribution is 5.98. The van der Waals surface area contributed by atoms with Gasteiger partial charge in [0.15, 0.2) is 0 Å². The van der Waals surface area contributed by atoms with Crippen molar-refractivity contribution in [3.05, 3.63) is 58.8 Å². The smallest absolute Gasteiger partial charge is 0.258 e. The lowest BCUT2D eigenvalue weighted by atomic mass is 10.00. The maximum absolute atomic E-state index is 13.0. The van der Waals surface area contributed by atoms with Gasteiger partial charge in [0.25, 0.3) is 5.91 Å². The molecule has 0 spiro atoms. The zero-order chi connectivity index (χ0) is 18.7. The van der Waals surface area contributed by atoms with E-state index in [-0.39, 0.29) is 17.6 Å². The van der Waals surface area contributed by atoms with Gasteiger partial charge in [0.05, 0.1) is 5.56 Å². The molecule has 1 N–H and O–H groups in total. The molecule has 0 radical (unpaired) electrons. The summed E-state index contributed by atoms with van der Waals surface area (Å²) in [6.45, 7) is 4.42. The van der Waals surface area contributed by atoms with Crippen molar-refractivity contribution in [2.75, 3.05) is 6.54 Å². The fourth-order valence-electron chi connectivity index (χ4n) is 3.35. The number of aryl methyl sites for hydroxylation is 2. The minimum atomic E-state index is -0.494. The summed E-state index contributed by atoms with van der Waals surface area (Å²) in [6.07, 6.45) is 2.42. The molecular formula is C20H23FN2O3. The van der Waals surface area contributed by atoms with Crippen LogP contribution in [0.5, 0.6) is 0 Å². The number of carbonyl (C=O) groups excluding carboxylic acids is 2. The summed E-state index contributed by atoms with van der Waals surface area (Å²) in [5.74, 6) is 0.597. The molecule has 5 nitrogen and oxygen atoms in total. The van der Waals surface area contributed by atoms with Gasteiger partial charge in [-0.3, -0.25) is 9.59 Å². The van der Waals surface area contributed by atoms with Gasteiger partial charge in [-0.2, -0.15) is 0 Å². The average Bonchev–Trinajstić information content (AvgIpc) is 2.98. The molecule has 1 saturated heterocycles. The van der Waals surface area contributed by atoms with E-state index in [1.807, 2.05) is 0 Å². The van der Waals surface area contributed by atoms with Crippen molar-refractivity contribution in [3.63, 3.8) is 0 Å². The van der Waals surface area contributed by atoms with Gasteiger partial charge in [-0.25, -0.2) is 4.39 Å². The molecular weight excluding hydrogens is 335 g/mol. The zero-order valence-corrected chi connectivity index (χ0v) is 15.0. The third kappa shape index (κ3) is 3.95. The van der Waals surface area contributed by atoms with Crippen molar-refractivity contribution in [3.8, 4) is 0 Å². The molecule has 2 heterocycles. The van der Waals surface area contributed by atoms with Gasteiger partial charge >= 0.3 is 0 Å². The zero-order valence-electron chi connectivity index (χ0n) is 15.0. The highest BCUT2D eigenvalue weighted by atomic mass is 19.1. The Morgan fingerprint density at radius 1 is 1.23 bits per heavy atom. The number of halogens is 1. The maximum Gasteiger partial charge on any atom is 0.258 e. The van der Waals surface area contributed by atoms with Crippen LogP contribution in [0.1, 0.15) is 46.7 Å². The van der Waals surface area contributed by atoms with E-state index in [0.717, 1.165) is 18.4 Å². The number of hydrogen-bond donors (Lipinski definition) is 1. The Bertz CT molecular complexity index is 798. The molecule has 1 aromatic carbocycles. The molecule has 1 atom stereocenters. The lowest BCUT2D eigenvalue weighted by molar-refractivity contribution is -0.126. The standard InChI is InChI=1S/C20H23FN2O3/c1-13-11-17(14(2)26-13)20(25)23-10-4-3-5-18(23)19(24)22-12-15-6-8-16(21)9-7-15/h6-9,11,18H,3-5,10,12H2,1-2H3,(H,22,24)/t18-/m0/s1. The fraction of sp³-hybridized carbons (Fsp3) is 0.400. The summed E-state index contributed by atoms with van der Waals surface area (Å²) < 4.78 is 18.4. The van der Waals surface area contributed by atoms with Crippen molar-refractivity contribution < 1.29 is 18.4 Å². The van der Waals surface area contributed by atoms with Crippen molar-refractivity contribution in [2.24, 2.45) is 0 Å². The maximum atomic E-state index is 13.0. The second kappa shape index (κ2) is 7.72. The predicted molar refractivity (Wildman–Crippen MR) is 95.1 cm³/mol. The van der Waals surface area contributed by atoms with Gasteiger partial charge in [-0.15, -0.1) is 0 Å². The second-order valence-corrected chi connectivity index (χ2v) is 6.68. The molecule has 3 rings (SSSR count). The Balaban J connectivity index is 1.69. The molecule has 2 aromatic rings. The molecule has 138 valence electrons. The molecule has 6 heteroatoms. The lowest BCUT2D eigenvalue weighted by Crippen LogP contribution is -2.51. The third-order valence-corrected chi connectivity index (χ3v) is 4.72. The van der Waals surface area contributed by atoms with E-state index in [1.165, 1.54) is 12.1 Å². The first-order chi connectivity index (χ1) is 12.5. The largest absolute Gasteiger partial charge is 0.466 e. The number of likely N-dealkylation sites (tertiary alicyclic amines) is 1. The number of piperidine rings is 1. The number of furan rings is 1. The van der Waals surface area contributed by atoms with E-state index in [9.17, 15) is 14.0 Å². The molecule has 0 saturated carbocycles. The summed E-state index contributed by atoms with van der Waals surface area (Å²) in [5, 5.41) is 2.87. The second-order valence-electron chi connectivity index (χ2n) is 6.68. The first-order valence-electron chi connectivity index (χ1n) is 8.86. The fourth-order valence-corrected chi connectivity index (χ4v) is 3.35. The van der Waals surface area contributed by atoms with Crippen molar-refractivity contribution in [2.45, 2.75) is 45.7 Å². The van der Waals surface area contributed by atoms with E-state index >= 15 is 0 Å². The predicted octanol–water partition coefficient (Wildman–Crippen LogP) is 3.35. The van der Waals surface area contributed by atoms with Crippen LogP contribution in [0.3, 0.4) is 0 Å². The van der Waals surface area contributed by atoms with Gasteiger partial charge in [0.1, 0.15) is 23.4 Å². The molecule has 0 aliphatic carbocycles. The minimum absolute atomic E-state index is 0.166. The Kier molecular flexibility index (Phi) is 5.40. The highest BCUT2D eigenvalue weighted by Gasteiger charge is 2.33. The Hall–Kier alpha value is -2.63. The number of carbonyl (C=O) groups is 2.